The third-order valence-corrected chi connectivity index (χ3v) is 8.96. The molecule has 0 saturated carbocycles. The Balaban J connectivity index is 1.99. The van der Waals surface area contributed by atoms with Gasteiger partial charge < -0.3 is 9.67 Å². The normalized spacial score (nSPS) is 28.4. The molecule has 0 aromatic heterocycles. The van der Waals surface area contributed by atoms with E-state index in [4.69, 9.17) is 0 Å². The molecule has 2 nitrogen and oxygen atoms in total. The molecule has 0 amide bonds. The Hall–Kier alpha value is -0.590. The first-order valence-electron chi connectivity index (χ1n) is 8.35. The molecular weight excluding hydrogens is 279 g/mol. The molecule has 1 aliphatic heterocycles. The van der Waals surface area contributed by atoms with Gasteiger partial charge in [-0.3, -0.25) is 0 Å². The van der Waals surface area contributed by atoms with Crippen molar-refractivity contribution in [1.82, 2.24) is 0 Å². The standard InChI is InChI=1S/C18H29O2P/c1-3-4-5-7-10-16-13-14-21(20,15-16)18(2,19)17-11-8-6-9-12-17/h6,8-9,11-12,16,19H,3-5,7,10,13-15H2,1-2H3. The second-order valence-electron chi connectivity index (χ2n) is 6.69. The zero-order valence-electron chi connectivity index (χ0n) is 13.4. The molecule has 1 N–H and O–H groups in total. The first-order chi connectivity index (χ1) is 9.99. The Morgan fingerprint density at radius 3 is 2.62 bits per heavy atom. The van der Waals surface area contributed by atoms with E-state index in [1.165, 1.54) is 32.1 Å². The molecule has 3 heteroatoms. The summed E-state index contributed by atoms with van der Waals surface area (Å²) in [6, 6.07) is 9.55. The van der Waals surface area contributed by atoms with Gasteiger partial charge in [0.15, 0.2) is 0 Å². The smallest absolute Gasteiger partial charge is 0.139 e. The van der Waals surface area contributed by atoms with Crippen molar-refractivity contribution in [3.63, 3.8) is 0 Å². The molecule has 1 heterocycles. The Morgan fingerprint density at radius 1 is 1.24 bits per heavy atom. The van der Waals surface area contributed by atoms with Gasteiger partial charge in [-0.15, -0.1) is 0 Å². The van der Waals surface area contributed by atoms with Crippen LogP contribution in [0.2, 0.25) is 0 Å². The Kier molecular flexibility index (Phi) is 5.68. The molecule has 3 atom stereocenters. The number of benzene rings is 1. The summed E-state index contributed by atoms with van der Waals surface area (Å²) in [4.78, 5) is 0. The average molecular weight is 308 g/mol. The molecule has 0 radical (unpaired) electrons. The highest BCUT2D eigenvalue weighted by Gasteiger charge is 2.48. The van der Waals surface area contributed by atoms with Gasteiger partial charge in [0.25, 0.3) is 0 Å². The predicted molar refractivity (Wildman–Crippen MR) is 90.2 cm³/mol. The Morgan fingerprint density at radius 2 is 1.95 bits per heavy atom. The largest absolute Gasteiger partial charge is 0.378 e. The fourth-order valence-corrected chi connectivity index (χ4v) is 7.05. The molecule has 3 unspecified atom stereocenters. The van der Waals surface area contributed by atoms with Crippen molar-refractivity contribution in [2.24, 2.45) is 5.92 Å². The molecule has 0 spiro atoms. The lowest BCUT2D eigenvalue weighted by atomic mass is 10.0. The minimum atomic E-state index is -2.55. The van der Waals surface area contributed by atoms with Crippen molar-refractivity contribution in [2.75, 3.05) is 12.3 Å². The van der Waals surface area contributed by atoms with Crippen LogP contribution in [0.3, 0.4) is 0 Å². The molecule has 0 bridgehead atoms. The molecule has 1 aromatic carbocycles. The Bertz CT molecular complexity index is 481. The minimum Gasteiger partial charge on any atom is -0.378 e. The van der Waals surface area contributed by atoms with E-state index < -0.39 is 12.5 Å². The van der Waals surface area contributed by atoms with E-state index in [1.807, 2.05) is 30.3 Å². The summed E-state index contributed by atoms with van der Waals surface area (Å²) in [7, 11) is -2.55. The van der Waals surface area contributed by atoms with E-state index in [9.17, 15) is 9.67 Å². The van der Waals surface area contributed by atoms with Crippen molar-refractivity contribution >= 4 is 7.14 Å². The van der Waals surface area contributed by atoms with E-state index in [0.717, 1.165) is 18.1 Å². The highest BCUT2D eigenvalue weighted by molar-refractivity contribution is 7.65. The van der Waals surface area contributed by atoms with Gasteiger partial charge in [-0.05, 0) is 31.2 Å². The lowest BCUT2D eigenvalue weighted by Gasteiger charge is -2.31. The number of unbranched alkanes of at least 4 members (excludes halogenated alkanes) is 3. The van der Waals surface area contributed by atoms with Crippen molar-refractivity contribution in [1.29, 1.82) is 0 Å². The van der Waals surface area contributed by atoms with Crippen LogP contribution in [0.25, 0.3) is 0 Å². The van der Waals surface area contributed by atoms with Gasteiger partial charge in [0.05, 0.1) is 0 Å². The van der Waals surface area contributed by atoms with Crippen molar-refractivity contribution < 1.29 is 9.67 Å². The number of hydrogen-bond donors (Lipinski definition) is 1. The summed E-state index contributed by atoms with van der Waals surface area (Å²) in [5.41, 5.74) is 0.806. The minimum absolute atomic E-state index is 0.544. The maximum Gasteiger partial charge on any atom is 0.139 e. The van der Waals surface area contributed by atoms with Crippen molar-refractivity contribution in [3.05, 3.63) is 35.9 Å². The van der Waals surface area contributed by atoms with Crippen LogP contribution in [-0.4, -0.2) is 17.4 Å². The summed E-state index contributed by atoms with van der Waals surface area (Å²) >= 11 is 0. The van der Waals surface area contributed by atoms with Gasteiger partial charge in [-0.2, -0.15) is 0 Å². The summed E-state index contributed by atoms with van der Waals surface area (Å²) in [6.07, 6.45) is 8.70. The highest BCUT2D eigenvalue weighted by Crippen LogP contribution is 2.67. The van der Waals surface area contributed by atoms with Gasteiger partial charge >= 0.3 is 0 Å². The lowest BCUT2D eigenvalue weighted by molar-refractivity contribution is 0.143. The van der Waals surface area contributed by atoms with Crippen LogP contribution in [0, 0.1) is 5.92 Å². The molecule has 1 aromatic rings. The number of rotatable bonds is 7. The quantitative estimate of drug-likeness (QED) is 0.555. The Labute approximate surface area is 129 Å². The second kappa shape index (κ2) is 7.11. The molecule has 118 valence electrons. The van der Waals surface area contributed by atoms with Crippen LogP contribution >= 0.6 is 7.14 Å². The maximum atomic E-state index is 13.3. The third kappa shape index (κ3) is 3.79. The van der Waals surface area contributed by atoms with Crippen molar-refractivity contribution in [3.8, 4) is 0 Å². The first-order valence-corrected chi connectivity index (χ1v) is 10.4. The zero-order chi connectivity index (χ0) is 15.3. The number of aliphatic hydroxyl groups is 1. The molecule has 1 saturated heterocycles. The van der Waals surface area contributed by atoms with Crippen LogP contribution in [0.1, 0.15) is 57.9 Å². The van der Waals surface area contributed by atoms with Gasteiger partial charge in [-0.25, -0.2) is 0 Å². The van der Waals surface area contributed by atoms with Crippen LogP contribution in [-0.2, 0) is 9.91 Å². The molecule has 0 aliphatic carbocycles. The number of hydrogen-bond acceptors (Lipinski definition) is 2. The van der Waals surface area contributed by atoms with E-state index in [2.05, 4.69) is 6.92 Å². The average Bonchev–Trinajstić information content (AvgIpc) is 2.88. The first kappa shape index (κ1) is 16.8. The molecule has 2 rings (SSSR count). The molecule has 1 aliphatic rings. The molecule has 21 heavy (non-hydrogen) atoms. The predicted octanol–water partition coefficient (Wildman–Crippen LogP) is 5.21. The topological polar surface area (TPSA) is 37.3 Å². The second-order valence-corrected chi connectivity index (χ2v) is 10.1. The monoisotopic (exact) mass is 308 g/mol. The van der Waals surface area contributed by atoms with Gasteiger partial charge in [0.2, 0.25) is 0 Å². The van der Waals surface area contributed by atoms with Crippen molar-refractivity contribution in [2.45, 2.75) is 57.7 Å². The van der Waals surface area contributed by atoms with Crippen LogP contribution in [0.4, 0.5) is 0 Å². The summed E-state index contributed by atoms with van der Waals surface area (Å²) in [6.45, 7) is 3.98. The third-order valence-electron chi connectivity index (χ3n) is 5.03. The summed E-state index contributed by atoms with van der Waals surface area (Å²) in [5, 5.41) is 9.75. The molecular formula is C18H29O2P. The summed E-state index contributed by atoms with van der Waals surface area (Å²) in [5.74, 6) is 0.544. The van der Waals surface area contributed by atoms with Crippen LogP contribution in [0.5, 0.6) is 0 Å². The van der Waals surface area contributed by atoms with E-state index in [0.29, 0.717) is 12.1 Å². The SMILES string of the molecule is CCCCCCC1CCP(=O)(C(C)(O)c2ccccc2)C1. The van der Waals surface area contributed by atoms with E-state index in [-0.39, 0.29) is 0 Å². The van der Waals surface area contributed by atoms with Crippen LogP contribution in [0.15, 0.2) is 30.3 Å². The zero-order valence-corrected chi connectivity index (χ0v) is 14.3. The fourth-order valence-electron chi connectivity index (χ4n) is 3.47. The van der Waals surface area contributed by atoms with E-state index >= 15 is 0 Å². The van der Waals surface area contributed by atoms with Gasteiger partial charge in [0, 0.05) is 12.3 Å². The summed E-state index contributed by atoms with van der Waals surface area (Å²) < 4.78 is 13.3. The lowest BCUT2D eigenvalue weighted by Crippen LogP contribution is -2.23. The maximum absolute atomic E-state index is 13.3. The van der Waals surface area contributed by atoms with Gasteiger partial charge in [-0.1, -0.05) is 62.9 Å². The highest BCUT2D eigenvalue weighted by atomic mass is 31.2. The molecule has 1 fully saturated rings. The van der Waals surface area contributed by atoms with Gasteiger partial charge in [0.1, 0.15) is 12.5 Å². The fraction of sp³-hybridized carbons (Fsp3) is 0.667. The van der Waals surface area contributed by atoms with Crippen LogP contribution < -0.4 is 0 Å². The van der Waals surface area contributed by atoms with E-state index in [1.54, 1.807) is 6.92 Å².